The van der Waals surface area contributed by atoms with Gasteiger partial charge in [0, 0.05) is 38.8 Å². The van der Waals surface area contributed by atoms with Gasteiger partial charge in [-0.25, -0.2) is 0 Å². The van der Waals surface area contributed by atoms with Crippen molar-refractivity contribution in [3.63, 3.8) is 0 Å². The van der Waals surface area contributed by atoms with Crippen LogP contribution < -0.4 is 0 Å². The number of aliphatic hydroxyl groups is 1. The van der Waals surface area contributed by atoms with Crippen LogP contribution in [0.1, 0.15) is 40.0 Å². The number of esters is 1. The molecule has 0 aromatic carbocycles. The van der Waals surface area contributed by atoms with Gasteiger partial charge in [0.05, 0.1) is 13.0 Å². The molecule has 0 spiro atoms. The molecule has 0 aliphatic heterocycles. The van der Waals surface area contributed by atoms with Crippen molar-refractivity contribution in [2.24, 2.45) is 5.41 Å². The van der Waals surface area contributed by atoms with E-state index >= 15 is 0 Å². The fraction of sp³-hybridized carbons (Fsp3) is 0.818. The van der Waals surface area contributed by atoms with Gasteiger partial charge in [-0.3, -0.25) is 11.1 Å². The van der Waals surface area contributed by atoms with E-state index in [1.54, 1.807) is 6.29 Å². The second-order valence-corrected chi connectivity index (χ2v) is 4.12. The molecule has 0 rings (SSSR count). The topological polar surface area (TPSA) is 63.6 Å². The van der Waals surface area contributed by atoms with Crippen LogP contribution in [-0.2, 0) is 47.0 Å². The summed E-state index contributed by atoms with van der Waals surface area (Å²) in [4.78, 5) is 21.7. The zero-order valence-corrected chi connectivity index (χ0v) is 13.0. The number of unbranched alkanes of at least 4 members (excludes halogenated alkanes) is 1. The van der Waals surface area contributed by atoms with Crippen LogP contribution in [0.15, 0.2) is 0 Å². The Morgan fingerprint density at radius 1 is 1.50 bits per heavy atom. The number of hydrogen-bond donors (Lipinski definition) is 1. The van der Waals surface area contributed by atoms with E-state index in [0.717, 1.165) is 12.8 Å². The van der Waals surface area contributed by atoms with E-state index in [1.165, 1.54) is 13.8 Å². The predicted molar refractivity (Wildman–Crippen MR) is 56.0 cm³/mol. The first-order valence-electron chi connectivity index (χ1n) is 5.17. The van der Waals surface area contributed by atoms with Gasteiger partial charge in [-0.2, -0.15) is 0 Å². The van der Waals surface area contributed by atoms with Crippen molar-refractivity contribution < 1.29 is 52.1 Å². The average Bonchev–Trinajstić information content (AvgIpc) is 2.18. The maximum Gasteiger partial charge on any atom is 0.308 e. The number of rotatable bonds is 7. The van der Waals surface area contributed by atoms with Crippen molar-refractivity contribution in [3.05, 3.63) is 0 Å². The molecule has 1 N–H and O–H groups in total. The SMILES string of the molecule is CCCCOC(=O)C[C@H](O)C(C)(C)[C-]=O.[Y]. The Morgan fingerprint density at radius 2 is 2.06 bits per heavy atom. The first kappa shape index (κ1) is 18.6. The standard InChI is InChI=1S/C11H19O4.Y/c1-4-5-6-15-10(14)7-9(13)11(2,3)8-12;/h9,13H,4-7H2,1-3H3;/q-1;/t9-;/m0./s1. The summed E-state index contributed by atoms with van der Waals surface area (Å²) in [6.07, 6.45) is 2.27. The summed E-state index contributed by atoms with van der Waals surface area (Å²) in [6.45, 7) is 5.43. The van der Waals surface area contributed by atoms with Crippen molar-refractivity contribution in [3.8, 4) is 0 Å². The smallest absolute Gasteiger partial charge is 0.308 e. The number of carbonyl (C=O) groups is 1. The van der Waals surface area contributed by atoms with Crippen molar-refractivity contribution in [1.29, 1.82) is 0 Å². The van der Waals surface area contributed by atoms with Crippen LogP contribution in [0.2, 0.25) is 0 Å². The molecule has 16 heavy (non-hydrogen) atoms. The van der Waals surface area contributed by atoms with Gasteiger partial charge in [0.15, 0.2) is 0 Å². The van der Waals surface area contributed by atoms with Gasteiger partial charge in [0.25, 0.3) is 0 Å². The van der Waals surface area contributed by atoms with Gasteiger partial charge in [-0.05, 0) is 6.42 Å². The minimum atomic E-state index is -1.04. The minimum Gasteiger partial charge on any atom is -0.541 e. The summed E-state index contributed by atoms with van der Waals surface area (Å²) >= 11 is 0. The number of ether oxygens (including phenoxy) is 1. The van der Waals surface area contributed by atoms with Gasteiger partial charge in [-0.1, -0.05) is 27.2 Å². The molecule has 0 amide bonds. The number of hydrogen-bond acceptors (Lipinski definition) is 4. The fourth-order valence-corrected chi connectivity index (χ4v) is 0.870. The summed E-state index contributed by atoms with van der Waals surface area (Å²) in [5, 5.41) is 9.54. The Labute approximate surface area is 122 Å². The van der Waals surface area contributed by atoms with E-state index in [1.807, 2.05) is 6.92 Å². The van der Waals surface area contributed by atoms with Crippen molar-refractivity contribution in [2.45, 2.75) is 46.1 Å². The quantitative estimate of drug-likeness (QED) is 0.436. The van der Waals surface area contributed by atoms with Gasteiger partial charge in [-0.15, -0.1) is 5.41 Å². The van der Waals surface area contributed by atoms with Crippen LogP contribution in [-0.4, -0.2) is 30.1 Å². The van der Waals surface area contributed by atoms with Crippen molar-refractivity contribution in [2.75, 3.05) is 6.61 Å². The van der Waals surface area contributed by atoms with Gasteiger partial charge in [0.1, 0.15) is 0 Å². The number of aliphatic hydroxyl groups excluding tert-OH is 1. The molecule has 0 aliphatic carbocycles. The molecule has 91 valence electrons. The van der Waals surface area contributed by atoms with Crippen molar-refractivity contribution in [1.82, 2.24) is 0 Å². The molecule has 1 atom stereocenters. The van der Waals surface area contributed by atoms with Crippen LogP contribution in [0, 0.1) is 5.41 Å². The molecular weight excluding hydrogens is 285 g/mol. The third kappa shape index (κ3) is 7.47. The molecule has 5 heteroatoms. The summed E-state index contributed by atoms with van der Waals surface area (Å²) in [7, 11) is 0. The van der Waals surface area contributed by atoms with E-state index in [9.17, 15) is 14.7 Å². The Balaban J connectivity index is 0. The maximum atomic E-state index is 11.2. The van der Waals surface area contributed by atoms with Gasteiger partial charge in [0.2, 0.25) is 0 Å². The number of carbonyl (C=O) groups excluding carboxylic acids is 2. The molecule has 0 saturated heterocycles. The first-order valence-corrected chi connectivity index (χ1v) is 5.17. The molecule has 0 fully saturated rings. The zero-order valence-electron chi connectivity index (χ0n) is 10.2. The van der Waals surface area contributed by atoms with Crippen LogP contribution in [0.25, 0.3) is 0 Å². The van der Waals surface area contributed by atoms with Gasteiger partial charge < -0.3 is 14.6 Å². The van der Waals surface area contributed by atoms with E-state index in [0.29, 0.717) is 6.61 Å². The Bertz CT molecular complexity index is 216. The predicted octanol–water partition coefficient (Wildman–Crippen LogP) is 1.21. The summed E-state index contributed by atoms with van der Waals surface area (Å²) in [6, 6.07) is 0. The summed E-state index contributed by atoms with van der Waals surface area (Å²) in [5.74, 6) is -0.473. The Hall–Kier alpha value is 0.204. The third-order valence-electron chi connectivity index (χ3n) is 2.22. The summed E-state index contributed by atoms with van der Waals surface area (Å²) < 4.78 is 4.86. The molecule has 0 aromatic heterocycles. The fourth-order valence-electron chi connectivity index (χ4n) is 0.870. The monoisotopic (exact) mass is 304 g/mol. The van der Waals surface area contributed by atoms with Crippen LogP contribution in [0.4, 0.5) is 0 Å². The largest absolute Gasteiger partial charge is 0.541 e. The molecule has 0 saturated carbocycles. The van der Waals surface area contributed by atoms with E-state index in [2.05, 4.69) is 0 Å². The van der Waals surface area contributed by atoms with Crippen LogP contribution in [0.5, 0.6) is 0 Å². The van der Waals surface area contributed by atoms with Crippen molar-refractivity contribution >= 4 is 12.3 Å². The molecule has 0 bridgehead atoms. The zero-order chi connectivity index (χ0) is 11.9. The average molecular weight is 304 g/mol. The third-order valence-corrected chi connectivity index (χ3v) is 2.22. The van der Waals surface area contributed by atoms with Crippen LogP contribution >= 0.6 is 0 Å². The normalized spacial score (nSPS) is 12.5. The first-order chi connectivity index (χ1) is 6.94. The second-order valence-electron chi connectivity index (χ2n) is 4.12. The Kier molecular flexibility index (Phi) is 10.7. The van der Waals surface area contributed by atoms with Gasteiger partial charge >= 0.3 is 5.97 Å². The molecule has 1 radical (unpaired) electrons. The maximum absolute atomic E-state index is 11.2. The molecule has 0 heterocycles. The molecule has 0 aromatic rings. The van der Waals surface area contributed by atoms with E-state index in [-0.39, 0.29) is 39.1 Å². The van der Waals surface area contributed by atoms with E-state index in [4.69, 9.17) is 4.74 Å². The molecular formula is C11H19O4Y-. The Morgan fingerprint density at radius 3 is 2.50 bits per heavy atom. The van der Waals surface area contributed by atoms with E-state index < -0.39 is 17.5 Å². The minimum absolute atomic E-state index is 0. The molecule has 4 nitrogen and oxygen atoms in total. The molecule has 0 aliphatic rings. The van der Waals surface area contributed by atoms with Crippen LogP contribution in [0.3, 0.4) is 0 Å². The second kappa shape index (κ2) is 9.26. The summed E-state index contributed by atoms with van der Waals surface area (Å²) in [5.41, 5.74) is -1.02. The molecule has 0 unspecified atom stereocenters.